The number of hydrogen-bond acceptors (Lipinski definition) is 7. The molecule has 0 aromatic rings. The van der Waals surface area contributed by atoms with Crippen LogP contribution in [0.1, 0.15) is 65.2 Å². The number of carbonyl (C=O) groups is 3. The first-order chi connectivity index (χ1) is 15.0. The molecule has 0 aromatic carbocycles. The number of rotatable bonds is 10. The van der Waals surface area contributed by atoms with Crippen molar-refractivity contribution in [2.75, 3.05) is 6.54 Å². The number of aliphatic hydroxyl groups is 1. The topological polar surface area (TPSA) is 171 Å². The molecular formula is C20H35N3O8S. The lowest BCUT2D eigenvalue weighted by molar-refractivity contribution is -0.126. The van der Waals surface area contributed by atoms with Gasteiger partial charge < -0.3 is 25.8 Å². The van der Waals surface area contributed by atoms with Crippen molar-refractivity contribution in [3.63, 3.8) is 0 Å². The molecule has 5 N–H and O–H groups in total. The van der Waals surface area contributed by atoms with Gasteiger partial charge in [0.2, 0.25) is 17.3 Å². The normalized spacial score (nSPS) is 22.7. The van der Waals surface area contributed by atoms with E-state index >= 15 is 0 Å². The molecule has 0 aromatic heterocycles. The predicted molar refractivity (Wildman–Crippen MR) is 115 cm³/mol. The van der Waals surface area contributed by atoms with Crippen molar-refractivity contribution >= 4 is 28.0 Å². The molecule has 1 saturated heterocycles. The third-order valence-corrected chi connectivity index (χ3v) is 6.76. The Morgan fingerprint density at radius 1 is 1.16 bits per heavy atom. The van der Waals surface area contributed by atoms with Gasteiger partial charge in [-0.15, -0.1) is 0 Å². The summed E-state index contributed by atoms with van der Waals surface area (Å²) >= 11 is 0. The third kappa shape index (κ3) is 8.21. The molecule has 1 aliphatic carbocycles. The van der Waals surface area contributed by atoms with Crippen molar-refractivity contribution in [2.24, 2.45) is 11.8 Å². The summed E-state index contributed by atoms with van der Waals surface area (Å²) in [5, 5.41) is 17.6. The number of carbonyl (C=O) groups excluding carboxylic acids is 3. The zero-order chi connectivity index (χ0) is 23.9. The van der Waals surface area contributed by atoms with Gasteiger partial charge in [-0.05, 0) is 50.9 Å². The summed E-state index contributed by atoms with van der Waals surface area (Å²) in [6.07, 6.45) is 4.09. The van der Waals surface area contributed by atoms with Crippen molar-refractivity contribution in [1.29, 1.82) is 0 Å². The number of ether oxygens (including phenoxy) is 1. The molecule has 12 heteroatoms. The fourth-order valence-electron chi connectivity index (χ4n) is 4.13. The van der Waals surface area contributed by atoms with Gasteiger partial charge in [0.1, 0.15) is 12.1 Å². The van der Waals surface area contributed by atoms with Crippen LogP contribution in [0.5, 0.6) is 0 Å². The minimum absolute atomic E-state index is 0.00582. The highest BCUT2D eigenvalue weighted by molar-refractivity contribution is 7.86. The average molecular weight is 478 g/mol. The van der Waals surface area contributed by atoms with E-state index in [1.165, 1.54) is 0 Å². The van der Waals surface area contributed by atoms with Crippen LogP contribution in [0.2, 0.25) is 0 Å². The molecule has 3 amide bonds. The highest BCUT2D eigenvalue weighted by atomic mass is 32.2. The van der Waals surface area contributed by atoms with Gasteiger partial charge in [-0.3, -0.25) is 14.1 Å². The molecule has 0 radical (unpaired) electrons. The lowest BCUT2D eigenvalue weighted by Gasteiger charge is -2.28. The van der Waals surface area contributed by atoms with Crippen molar-refractivity contribution in [3.05, 3.63) is 0 Å². The zero-order valence-corrected chi connectivity index (χ0v) is 19.4. The van der Waals surface area contributed by atoms with Crippen LogP contribution in [0.25, 0.3) is 0 Å². The number of hydrogen-bond donors (Lipinski definition) is 5. The molecule has 2 rings (SSSR count). The van der Waals surface area contributed by atoms with E-state index in [0.29, 0.717) is 13.0 Å². The van der Waals surface area contributed by atoms with Crippen LogP contribution < -0.4 is 16.0 Å². The van der Waals surface area contributed by atoms with E-state index in [9.17, 15) is 32.5 Å². The fourth-order valence-corrected chi connectivity index (χ4v) is 4.72. The van der Waals surface area contributed by atoms with E-state index in [4.69, 9.17) is 4.74 Å². The van der Waals surface area contributed by atoms with Gasteiger partial charge in [-0.1, -0.05) is 20.3 Å². The largest absolute Gasteiger partial charge is 0.446 e. The lowest BCUT2D eigenvalue weighted by Crippen LogP contribution is -2.55. The van der Waals surface area contributed by atoms with Crippen LogP contribution in [0.4, 0.5) is 4.79 Å². The van der Waals surface area contributed by atoms with E-state index in [1.54, 1.807) is 0 Å². The van der Waals surface area contributed by atoms with Gasteiger partial charge in [0.25, 0.3) is 10.1 Å². The highest BCUT2D eigenvalue weighted by Gasteiger charge is 2.38. The van der Waals surface area contributed by atoms with Crippen molar-refractivity contribution in [2.45, 2.75) is 88.8 Å². The minimum Gasteiger partial charge on any atom is -0.446 e. The monoisotopic (exact) mass is 477 g/mol. The Hall–Kier alpha value is -1.92. The fraction of sp³-hybridized carbons (Fsp3) is 0.850. The number of aliphatic hydroxyl groups excluding tert-OH is 1. The summed E-state index contributed by atoms with van der Waals surface area (Å²) in [4.78, 5) is 37.2. The maximum atomic E-state index is 12.9. The first-order valence-electron chi connectivity index (χ1n) is 11.2. The maximum absolute atomic E-state index is 12.9. The molecule has 0 spiro atoms. The molecule has 1 saturated carbocycles. The van der Waals surface area contributed by atoms with Crippen LogP contribution in [-0.2, 0) is 24.4 Å². The first-order valence-corrected chi connectivity index (χ1v) is 12.7. The summed E-state index contributed by atoms with van der Waals surface area (Å²) in [6, 6.07) is -2.48. The molecule has 184 valence electrons. The SMILES string of the molecule is CC(C)C[C@H](NC(=O)OC1CCCCC1)C(=O)N[C@@H](C[C@@H]1CCNC1=O)[C@@H](O)S(=O)(=O)O. The number of amides is 3. The molecular weight excluding hydrogens is 442 g/mol. The van der Waals surface area contributed by atoms with E-state index < -0.39 is 45.6 Å². The summed E-state index contributed by atoms with van der Waals surface area (Å²) < 4.78 is 37.8. The van der Waals surface area contributed by atoms with E-state index in [2.05, 4.69) is 16.0 Å². The Morgan fingerprint density at radius 3 is 2.34 bits per heavy atom. The zero-order valence-electron chi connectivity index (χ0n) is 18.6. The van der Waals surface area contributed by atoms with Crippen LogP contribution >= 0.6 is 0 Å². The highest BCUT2D eigenvalue weighted by Crippen LogP contribution is 2.21. The summed E-state index contributed by atoms with van der Waals surface area (Å²) in [5.41, 5.74) is -2.31. The Bertz CT molecular complexity index is 767. The van der Waals surface area contributed by atoms with Gasteiger partial charge in [-0.25, -0.2) is 4.79 Å². The van der Waals surface area contributed by atoms with Gasteiger partial charge >= 0.3 is 6.09 Å². The Kier molecular flexibility index (Phi) is 9.71. The second-order valence-electron chi connectivity index (χ2n) is 9.02. The summed E-state index contributed by atoms with van der Waals surface area (Å²) in [6.45, 7) is 4.10. The average Bonchev–Trinajstić information content (AvgIpc) is 3.10. The van der Waals surface area contributed by atoms with Crippen LogP contribution in [0.15, 0.2) is 0 Å². The van der Waals surface area contributed by atoms with E-state index in [0.717, 1.165) is 32.1 Å². The van der Waals surface area contributed by atoms with Crippen molar-refractivity contribution in [1.82, 2.24) is 16.0 Å². The number of nitrogens with one attached hydrogen (secondary N) is 3. The standard InChI is InChI=1S/C20H35N3O8S/c1-12(2)10-15(23-20(27)31-14-6-4-3-5-7-14)18(25)22-16(19(26)32(28,29)30)11-13-8-9-21-17(13)24/h12-16,19,26H,3-11H2,1-2H3,(H,21,24)(H,22,25)(H,23,27)(H,28,29,30)/t13-,15-,16-,19-/m0/s1. The molecule has 4 atom stereocenters. The van der Waals surface area contributed by atoms with Crippen molar-refractivity contribution in [3.8, 4) is 0 Å². The molecule has 2 aliphatic rings. The first kappa shape index (κ1) is 26.3. The van der Waals surface area contributed by atoms with Crippen LogP contribution in [0.3, 0.4) is 0 Å². The van der Waals surface area contributed by atoms with Crippen molar-refractivity contribution < 1.29 is 37.2 Å². The second-order valence-corrected chi connectivity index (χ2v) is 10.5. The van der Waals surface area contributed by atoms with Gasteiger partial charge in [-0.2, -0.15) is 8.42 Å². The van der Waals surface area contributed by atoms with Gasteiger partial charge in [0.15, 0.2) is 0 Å². The molecule has 0 bridgehead atoms. The molecule has 1 aliphatic heterocycles. The summed E-state index contributed by atoms with van der Waals surface area (Å²) in [7, 11) is -4.90. The molecule has 0 unspecified atom stereocenters. The third-order valence-electron chi connectivity index (χ3n) is 5.82. The summed E-state index contributed by atoms with van der Waals surface area (Å²) in [5.74, 6) is -1.67. The minimum atomic E-state index is -4.90. The second kappa shape index (κ2) is 11.8. The Morgan fingerprint density at radius 2 is 1.81 bits per heavy atom. The molecule has 2 fully saturated rings. The van der Waals surface area contributed by atoms with Gasteiger partial charge in [0.05, 0.1) is 6.04 Å². The molecule has 1 heterocycles. The Labute approximate surface area is 188 Å². The maximum Gasteiger partial charge on any atom is 0.408 e. The van der Waals surface area contributed by atoms with Crippen LogP contribution in [-0.4, -0.2) is 66.2 Å². The lowest BCUT2D eigenvalue weighted by atomic mass is 9.97. The molecule has 32 heavy (non-hydrogen) atoms. The number of alkyl carbamates (subject to hydrolysis) is 1. The van der Waals surface area contributed by atoms with Crippen LogP contribution in [0, 0.1) is 11.8 Å². The van der Waals surface area contributed by atoms with E-state index in [-0.39, 0.29) is 30.8 Å². The smallest absolute Gasteiger partial charge is 0.408 e. The predicted octanol–water partition coefficient (Wildman–Crippen LogP) is 0.677. The molecule has 11 nitrogen and oxygen atoms in total. The van der Waals surface area contributed by atoms with Gasteiger partial charge in [0, 0.05) is 12.5 Å². The Balaban J connectivity index is 2.08. The van der Waals surface area contributed by atoms with E-state index in [1.807, 2.05) is 13.8 Å². The quantitative estimate of drug-likeness (QED) is 0.286.